The van der Waals surface area contributed by atoms with Crippen LogP contribution in [-0.2, 0) is 0 Å². The summed E-state index contributed by atoms with van der Waals surface area (Å²) in [7, 11) is 0. The largest absolute Gasteiger partial charge is 0.455 e. The van der Waals surface area contributed by atoms with Crippen LogP contribution >= 0.6 is 0 Å². The van der Waals surface area contributed by atoms with Gasteiger partial charge in [-0.15, -0.1) is 0 Å². The van der Waals surface area contributed by atoms with Crippen LogP contribution in [0.25, 0.3) is 82.8 Å². The van der Waals surface area contributed by atoms with E-state index < -0.39 is 0 Å². The Hall–Kier alpha value is -7.62. The minimum absolute atomic E-state index is 0.874. The standard InChI is InChI=1S/C55H38N2O/c1-37-16-8-12-24-51(37)56(42-32-33-44(38-17-4-2-5-18-38)48(34-42)39-19-6-3-7-20-39)43-35-49(55-50(36-43)47-23-11-15-27-54(47)58-55)40-28-30-41(31-29-40)57-52-25-13-9-21-45(52)46-22-10-14-26-53(46)57/h2-36H,1H3. The summed E-state index contributed by atoms with van der Waals surface area (Å²) in [5.41, 5.74) is 16.6. The van der Waals surface area contributed by atoms with Gasteiger partial charge in [-0.05, 0) is 101 Å². The van der Waals surface area contributed by atoms with Gasteiger partial charge in [0.15, 0.2) is 0 Å². The average molecular weight is 743 g/mol. The molecule has 0 saturated carbocycles. The van der Waals surface area contributed by atoms with E-state index in [0.717, 1.165) is 55.8 Å². The van der Waals surface area contributed by atoms with Crippen LogP contribution in [-0.4, -0.2) is 4.57 Å². The van der Waals surface area contributed by atoms with E-state index in [0.29, 0.717) is 0 Å². The fraction of sp³-hybridized carbons (Fsp3) is 0.0182. The lowest BCUT2D eigenvalue weighted by Gasteiger charge is -2.29. The quantitative estimate of drug-likeness (QED) is 0.162. The minimum atomic E-state index is 0.874. The Balaban J connectivity index is 1.13. The predicted molar refractivity (Wildman–Crippen MR) is 244 cm³/mol. The van der Waals surface area contributed by atoms with Gasteiger partial charge in [-0.25, -0.2) is 0 Å². The summed E-state index contributed by atoms with van der Waals surface area (Å²) >= 11 is 0. The van der Waals surface area contributed by atoms with Gasteiger partial charge in [-0.2, -0.15) is 0 Å². The Morgan fingerprint density at radius 2 is 0.948 bits per heavy atom. The van der Waals surface area contributed by atoms with Gasteiger partial charge in [0.25, 0.3) is 0 Å². The van der Waals surface area contributed by atoms with Crippen molar-refractivity contribution in [3.8, 4) is 39.1 Å². The highest BCUT2D eigenvalue weighted by Crippen LogP contribution is 2.46. The van der Waals surface area contributed by atoms with Crippen LogP contribution in [0.2, 0.25) is 0 Å². The number of benzene rings is 9. The SMILES string of the molecule is Cc1ccccc1N(c1ccc(-c2ccccc2)c(-c2ccccc2)c1)c1cc(-c2ccc(-n3c4ccccc4c4ccccc43)cc2)c2oc3ccccc3c2c1. The number of nitrogens with zero attached hydrogens (tertiary/aromatic N) is 2. The average Bonchev–Trinajstić information content (AvgIpc) is 3.84. The predicted octanol–water partition coefficient (Wildman–Crippen LogP) is 15.5. The van der Waals surface area contributed by atoms with E-state index in [9.17, 15) is 0 Å². The third kappa shape index (κ3) is 5.59. The lowest BCUT2D eigenvalue weighted by molar-refractivity contribution is 0.670. The third-order valence-electron chi connectivity index (χ3n) is 11.5. The van der Waals surface area contributed by atoms with Crippen LogP contribution in [0.5, 0.6) is 0 Å². The summed E-state index contributed by atoms with van der Waals surface area (Å²) in [6.07, 6.45) is 0. The van der Waals surface area contributed by atoms with Crippen molar-refractivity contribution in [2.24, 2.45) is 0 Å². The smallest absolute Gasteiger partial charge is 0.143 e. The number of aromatic nitrogens is 1. The van der Waals surface area contributed by atoms with Gasteiger partial charge in [0, 0.05) is 49.9 Å². The highest BCUT2D eigenvalue weighted by Gasteiger charge is 2.22. The third-order valence-corrected chi connectivity index (χ3v) is 11.5. The van der Waals surface area contributed by atoms with E-state index in [2.05, 4.69) is 223 Å². The highest BCUT2D eigenvalue weighted by molar-refractivity contribution is 6.12. The zero-order chi connectivity index (χ0) is 38.6. The summed E-state index contributed by atoms with van der Waals surface area (Å²) in [6.45, 7) is 2.19. The second-order valence-corrected chi connectivity index (χ2v) is 15.0. The molecular weight excluding hydrogens is 705 g/mol. The van der Waals surface area contributed by atoms with Crippen LogP contribution in [0.15, 0.2) is 217 Å². The van der Waals surface area contributed by atoms with Crippen LogP contribution < -0.4 is 4.90 Å². The van der Waals surface area contributed by atoms with Gasteiger partial charge in [0.2, 0.25) is 0 Å². The van der Waals surface area contributed by atoms with Crippen LogP contribution in [0.4, 0.5) is 17.1 Å². The summed E-state index contributed by atoms with van der Waals surface area (Å²) in [6, 6.07) is 76.2. The van der Waals surface area contributed by atoms with Crippen molar-refractivity contribution in [2.75, 3.05) is 4.90 Å². The maximum Gasteiger partial charge on any atom is 0.143 e. The molecule has 0 N–H and O–H groups in total. The topological polar surface area (TPSA) is 21.3 Å². The van der Waals surface area contributed by atoms with Gasteiger partial charge < -0.3 is 13.9 Å². The molecule has 0 spiro atoms. The number of hydrogen-bond donors (Lipinski definition) is 0. The molecule has 0 aliphatic carbocycles. The molecule has 0 amide bonds. The van der Waals surface area contributed by atoms with E-state index in [1.165, 1.54) is 49.6 Å². The van der Waals surface area contributed by atoms with Crippen molar-refractivity contribution in [3.05, 3.63) is 218 Å². The van der Waals surface area contributed by atoms with Crippen molar-refractivity contribution in [1.82, 2.24) is 4.57 Å². The molecule has 2 heterocycles. The molecule has 0 bridgehead atoms. The van der Waals surface area contributed by atoms with Crippen LogP contribution in [0.1, 0.15) is 5.56 Å². The van der Waals surface area contributed by atoms with Gasteiger partial charge in [0.05, 0.1) is 11.0 Å². The second kappa shape index (κ2) is 13.8. The summed E-state index contributed by atoms with van der Waals surface area (Å²) in [5, 5.41) is 4.68. The molecule has 11 aromatic rings. The Kier molecular flexibility index (Phi) is 8.04. The second-order valence-electron chi connectivity index (χ2n) is 15.0. The van der Waals surface area contributed by atoms with Crippen molar-refractivity contribution < 1.29 is 4.42 Å². The van der Waals surface area contributed by atoms with Gasteiger partial charge in [-0.1, -0.05) is 152 Å². The van der Waals surface area contributed by atoms with Crippen molar-refractivity contribution in [3.63, 3.8) is 0 Å². The molecule has 3 heteroatoms. The maximum absolute atomic E-state index is 6.74. The van der Waals surface area contributed by atoms with E-state index in [-0.39, 0.29) is 0 Å². The van der Waals surface area contributed by atoms with Gasteiger partial charge >= 0.3 is 0 Å². The highest BCUT2D eigenvalue weighted by atomic mass is 16.3. The zero-order valence-electron chi connectivity index (χ0n) is 32.0. The molecule has 11 rings (SSSR count). The minimum Gasteiger partial charge on any atom is -0.455 e. The molecular formula is C55H38N2O. The molecule has 2 aromatic heterocycles. The first-order valence-electron chi connectivity index (χ1n) is 19.8. The molecule has 0 saturated heterocycles. The van der Waals surface area contributed by atoms with Crippen molar-refractivity contribution in [1.29, 1.82) is 0 Å². The number of aryl methyl sites for hydroxylation is 1. The van der Waals surface area contributed by atoms with Crippen LogP contribution in [0.3, 0.4) is 0 Å². The first-order chi connectivity index (χ1) is 28.7. The summed E-state index contributed by atoms with van der Waals surface area (Å²) in [5.74, 6) is 0. The van der Waals surface area contributed by atoms with Crippen LogP contribution in [0, 0.1) is 6.92 Å². The molecule has 0 aliphatic heterocycles. The Labute approximate surface area is 337 Å². The fourth-order valence-corrected chi connectivity index (χ4v) is 8.78. The van der Waals surface area contributed by atoms with Gasteiger partial charge in [-0.3, -0.25) is 0 Å². The number of rotatable bonds is 7. The van der Waals surface area contributed by atoms with E-state index >= 15 is 0 Å². The zero-order valence-corrected chi connectivity index (χ0v) is 32.0. The van der Waals surface area contributed by atoms with E-state index in [4.69, 9.17) is 4.42 Å². The Morgan fingerprint density at radius 3 is 1.64 bits per heavy atom. The molecule has 9 aromatic carbocycles. The van der Waals surface area contributed by atoms with Crippen molar-refractivity contribution in [2.45, 2.75) is 6.92 Å². The van der Waals surface area contributed by atoms with E-state index in [1.54, 1.807) is 0 Å². The lowest BCUT2D eigenvalue weighted by Crippen LogP contribution is -2.12. The number of para-hydroxylation sites is 4. The molecule has 274 valence electrons. The number of fused-ring (bicyclic) bond motifs is 6. The molecule has 0 atom stereocenters. The fourth-order valence-electron chi connectivity index (χ4n) is 8.78. The Morgan fingerprint density at radius 1 is 0.397 bits per heavy atom. The van der Waals surface area contributed by atoms with Gasteiger partial charge in [0.1, 0.15) is 11.2 Å². The molecule has 0 unspecified atom stereocenters. The normalized spacial score (nSPS) is 11.5. The Bertz CT molecular complexity index is 3230. The van der Waals surface area contributed by atoms with E-state index in [1.807, 2.05) is 6.07 Å². The summed E-state index contributed by atoms with van der Waals surface area (Å²) < 4.78 is 9.11. The number of hydrogen-bond acceptors (Lipinski definition) is 2. The maximum atomic E-state index is 6.74. The lowest BCUT2D eigenvalue weighted by atomic mass is 9.93. The number of anilines is 3. The summed E-state index contributed by atoms with van der Waals surface area (Å²) in [4.78, 5) is 2.41. The molecule has 3 nitrogen and oxygen atoms in total. The molecule has 0 aliphatic rings. The first-order valence-corrected chi connectivity index (χ1v) is 19.8. The number of furan rings is 1. The first kappa shape index (κ1) is 33.7. The van der Waals surface area contributed by atoms with Crippen molar-refractivity contribution >= 4 is 60.8 Å². The molecule has 0 fully saturated rings. The molecule has 0 radical (unpaired) electrons. The molecule has 58 heavy (non-hydrogen) atoms. The monoisotopic (exact) mass is 742 g/mol.